The first kappa shape index (κ1) is 37.6. The second-order valence-corrected chi connectivity index (χ2v) is 14.2. The summed E-state index contributed by atoms with van der Waals surface area (Å²) in [6.07, 6.45) is 1.89. The number of alkyl carbamates (subject to hydrolysis) is 1. The number of benzene rings is 3. The van der Waals surface area contributed by atoms with E-state index in [0.717, 1.165) is 5.56 Å². The molecule has 0 unspecified atom stereocenters. The second kappa shape index (κ2) is 16.3. The molecule has 3 N–H and O–H groups in total. The number of carboxylic acid groups (broad SMARTS) is 1. The van der Waals surface area contributed by atoms with Gasteiger partial charge in [-0.3, -0.25) is 9.59 Å². The monoisotopic (exact) mass is 736 g/mol. The quantitative estimate of drug-likeness (QED) is 0.221. The minimum Gasteiger partial charge on any atom is -0.497 e. The van der Waals surface area contributed by atoms with Crippen LogP contribution in [0.15, 0.2) is 91.0 Å². The van der Waals surface area contributed by atoms with Gasteiger partial charge in [0, 0.05) is 35.9 Å². The third-order valence-electron chi connectivity index (χ3n) is 9.02. The van der Waals surface area contributed by atoms with Crippen molar-refractivity contribution in [1.29, 1.82) is 0 Å². The summed E-state index contributed by atoms with van der Waals surface area (Å²) in [5, 5.41) is 16.0. The van der Waals surface area contributed by atoms with E-state index in [2.05, 4.69) is 10.6 Å². The number of nitrogens with zero attached hydrogens (tertiary/aromatic N) is 2. The number of nitrogens with one attached hydrogen (secondary N) is 2. The fourth-order valence-corrected chi connectivity index (χ4v) is 6.49. The highest BCUT2D eigenvalue weighted by molar-refractivity contribution is 5.94. The minimum absolute atomic E-state index is 0.0113. The normalized spacial score (nSPS) is 21.3. The molecular formula is C41H44N4O9. The van der Waals surface area contributed by atoms with Crippen LogP contribution in [0.2, 0.25) is 0 Å². The highest BCUT2D eigenvalue weighted by Gasteiger charge is 2.44. The largest absolute Gasteiger partial charge is 0.497 e. The van der Waals surface area contributed by atoms with Crippen LogP contribution in [0.4, 0.5) is 4.79 Å². The van der Waals surface area contributed by atoms with E-state index in [4.69, 9.17) is 23.9 Å². The lowest BCUT2D eigenvalue weighted by atomic mass is 10.0. The molecule has 0 aliphatic carbocycles. The molecule has 13 heteroatoms. The number of carbonyl (C=O) groups excluding carboxylic acids is 3. The maximum absolute atomic E-state index is 14.6. The first-order chi connectivity index (χ1) is 25.9. The smallest absolute Gasteiger partial charge is 0.408 e. The number of amides is 3. The molecule has 0 saturated carbocycles. The maximum atomic E-state index is 14.6. The lowest BCUT2D eigenvalue weighted by Gasteiger charge is -2.30. The lowest BCUT2D eigenvalue weighted by molar-refractivity contribution is -0.144. The Balaban J connectivity index is 1.38. The van der Waals surface area contributed by atoms with Gasteiger partial charge in [-0.15, -0.1) is 0 Å². The first-order valence-electron chi connectivity index (χ1n) is 17.8. The van der Waals surface area contributed by atoms with Gasteiger partial charge < -0.3 is 39.6 Å². The molecule has 2 aliphatic rings. The van der Waals surface area contributed by atoms with Crippen molar-refractivity contribution in [3.05, 3.63) is 96.6 Å². The number of fused-ring (bicyclic) bond motifs is 4. The number of methoxy groups -OCH3 is 1. The lowest BCUT2D eigenvalue weighted by Crippen LogP contribution is -2.56. The molecule has 13 nitrogen and oxygen atoms in total. The fraction of sp³-hybridized carbons (Fsp3) is 0.341. The van der Waals surface area contributed by atoms with E-state index in [9.17, 15) is 24.3 Å². The summed E-state index contributed by atoms with van der Waals surface area (Å²) in [7, 11) is 1.57. The van der Waals surface area contributed by atoms with Gasteiger partial charge in [0.15, 0.2) is 0 Å². The average molecular weight is 737 g/mol. The molecule has 282 valence electrons. The SMILES string of the molecule is COc1ccc2c(O[C@@H]3C[C@H]4C(=O)N[C@H](C(=O)O)C/C=C\COc5cccc(c5)C[C@@H](NC(=O)OC(C)(C)C)C(=O)N4C3)cc(-c3ccccc3)nc2c1. The first-order valence-corrected chi connectivity index (χ1v) is 17.8. The van der Waals surface area contributed by atoms with Crippen LogP contribution in [-0.4, -0.2) is 89.0 Å². The summed E-state index contributed by atoms with van der Waals surface area (Å²) < 4.78 is 23.5. The average Bonchev–Trinajstić information content (AvgIpc) is 3.56. The predicted molar refractivity (Wildman–Crippen MR) is 200 cm³/mol. The van der Waals surface area contributed by atoms with Crippen LogP contribution in [0.25, 0.3) is 22.2 Å². The molecular weight excluding hydrogens is 692 g/mol. The molecule has 2 bridgehead atoms. The number of aliphatic carboxylic acids is 1. The third kappa shape index (κ3) is 9.27. The van der Waals surface area contributed by atoms with E-state index in [1.54, 1.807) is 70.4 Å². The summed E-state index contributed by atoms with van der Waals surface area (Å²) in [6.45, 7) is 5.26. The van der Waals surface area contributed by atoms with Crippen molar-refractivity contribution in [1.82, 2.24) is 20.5 Å². The zero-order valence-corrected chi connectivity index (χ0v) is 30.6. The number of ether oxygens (including phenoxy) is 4. The summed E-state index contributed by atoms with van der Waals surface area (Å²) in [4.78, 5) is 60.3. The predicted octanol–water partition coefficient (Wildman–Crippen LogP) is 5.30. The van der Waals surface area contributed by atoms with Crippen molar-refractivity contribution in [2.24, 2.45) is 0 Å². The summed E-state index contributed by atoms with van der Waals surface area (Å²) in [5.74, 6) is -0.840. The maximum Gasteiger partial charge on any atom is 0.408 e. The van der Waals surface area contributed by atoms with Crippen LogP contribution >= 0.6 is 0 Å². The van der Waals surface area contributed by atoms with Gasteiger partial charge in [-0.05, 0) is 57.0 Å². The Bertz CT molecular complexity index is 2050. The van der Waals surface area contributed by atoms with Gasteiger partial charge in [0.1, 0.15) is 53.7 Å². The Hall–Kier alpha value is -6.11. The van der Waals surface area contributed by atoms with Crippen LogP contribution in [0.3, 0.4) is 0 Å². The van der Waals surface area contributed by atoms with Crippen molar-refractivity contribution in [2.75, 3.05) is 20.3 Å². The molecule has 1 saturated heterocycles. The second-order valence-electron chi connectivity index (χ2n) is 14.2. The van der Waals surface area contributed by atoms with Gasteiger partial charge in [0.2, 0.25) is 11.8 Å². The van der Waals surface area contributed by atoms with Crippen LogP contribution in [0, 0.1) is 0 Å². The van der Waals surface area contributed by atoms with Crippen LogP contribution in [0.5, 0.6) is 17.2 Å². The van der Waals surface area contributed by atoms with Crippen LogP contribution in [0.1, 0.15) is 39.2 Å². The zero-order valence-electron chi connectivity index (χ0n) is 30.6. The Morgan fingerprint density at radius 2 is 1.80 bits per heavy atom. The van der Waals surface area contributed by atoms with Crippen molar-refractivity contribution in [2.45, 2.75) is 69.9 Å². The van der Waals surface area contributed by atoms with E-state index < -0.39 is 53.7 Å². The topological polar surface area (TPSA) is 166 Å². The standard InChI is InChI=1S/C41H44N4O9/c1-41(2,3)54-40(50)44-34-20-25-11-10-14-28(19-25)52-18-9-8-15-31(39(48)49)43-37(46)35-22-29(24-45(35)38(34)47)53-36-23-32(26-12-6-5-7-13-26)42-33-21-27(51-4)16-17-30(33)36/h5-14,16-17,19,21,23,29,31,34-35H,15,18,20,22,24H2,1-4H3,(H,43,46)(H,44,50)(H,48,49)/b9-8-/t29-,31+,34-,35+/m1/s1. The highest BCUT2D eigenvalue weighted by Crippen LogP contribution is 2.35. The molecule has 54 heavy (non-hydrogen) atoms. The van der Waals surface area contributed by atoms with Crippen molar-refractivity contribution in [3.63, 3.8) is 0 Å². The van der Waals surface area contributed by atoms with E-state index in [-0.39, 0.29) is 32.4 Å². The summed E-state index contributed by atoms with van der Waals surface area (Å²) in [5.41, 5.74) is 1.98. The number of carboxylic acids is 1. The van der Waals surface area contributed by atoms with Gasteiger partial charge in [-0.1, -0.05) is 54.6 Å². The molecule has 4 aromatic rings. The molecule has 3 heterocycles. The van der Waals surface area contributed by atoms with E-state index in [1.165, 1.54) is 4.90 Å². The van der Waals surface area contributed by atoms with Gasteiger partial charge >= 0.3 is 12.1 Å². The third-order valence-corrected chi connectivity index (χ3v) is 9.02. The number of pyridine rings is 1. The molecule has 4 atom stereocenters. The van der Waals surface area contributed by atoms with Gasteiger partial charge in [0.05, 0.1) is 24.9 Å². The van der Waals surface area contributed by atoms with E-state index in [0.29, 0.717) is 39.4 Å². The fourth-order valence-electron chi connectivity index (χ4n) is 6.49. The van der Waals surface area contributed by atoms with Gasteiger partial charge in [0.25, 0.3) is 0 Å². The number of hydrogen-bond acceptors (Lipinski definition) is 9. The molecule has 6 rings (SSSR count). The number of rotatable bonds is 6. The molecule has 0 radical (unpaired) electrons. The van der Waals surface area contributed by atoms with E-state index in [1.807, 2.05) is 48.5 Å². The van der Waals surface area contributed by atoms with Crippen LogP contribution < -0.4 is 24.8 Å². The van der Waals surface area contributed by atoms with Crippen molar-refractivity contribution in [3.8, 4) is 28.5 Å². The van der Waals surface area contributed by atoms with E-state index >= 15 is 0 Å². The molecule has 3 amide bonds. The molecule has 0 spiro atoms. The van der Waals surface area contributed by atoms with Crippen LogP contribution in [-0.2, 0) is 25.5 Å². The number of aromatic nitrogens is 1. The van der Waals surface area contributed by atoms with Crippen molar-refractivity contribution >= 4 is 34.8 Å². The molecule has 1 aromatic heterocycles. The number of hydrogen-bond donors (Lipinski definition) is 3. The molecule has 2 aliphatic heterocycles. The summed E-state index contributed by atoms with van der Waals surface area (Å²) >= 11 is 0. The zero-order chi connectivity index (χ0) is 38.4. The number of carbonyl (C=O) groups is 4. The highest BCUT2D eigenvalue weighted by atomic mass is 16.6. The van der Waals surface area contributed by atoms with Crippen molar-refractivity contribution < 1.29 is 43.2 Å². The minimum atomic E-state index is -1.27. The Kier molecular flexibility index (Phi) is 11.3. The molecule has 3 aromatic carbocycles. The Labute approximate surface area is 313 Å². The Morgan fingerprint density at radius 3 is 2.54 bits per heavy atom. The molecule has 1 fully saturated rings. The van der Waals surface area contributed by atoms with Gasteiger partial charge in [-0.25, -0.2) is 14.6 Å². The van der Waals surface area contributed by atoms with Gasteiger partial charge in [-0.2, -0.15) is 0 Å². The Morgan fingerprint density at radius 1 is 1.00 bits per heavy atom. The summed E-state index contributed by atoms with van der Waals surface area (Å²) in [6, 6.07) is 20.4.